The SMILES string of the molecule is O=C(CN(Cc1ccc2c(c1)OCO2)C1CCCC1)Nc1ccc(F)cc1F. The number of rotatable bonds is 6. The summed E-state index contributed by atoms with van der Waals surface area (Å²) in [6, 6.07) is 9.19. The molecule has 0 radical (unpaired) electrons. The molecule has 2 aromatic rings. The van der Waals surface area contributed by atoms with Crippen LogP contribution in [0, 0.1) is 11.6 Å². The van der Waals surface area contributed by atoms with E-state index in [4.69, 9.17) is 9.47 Å². The van der Waals surface area contributed by atoms with E-state index < -0.39 is 11.6 Å². The van der Waals surface area contributed by atoms with E-state index in [1.807, 2.05) is 18.2 Å². The van der Waals surface area contributed by atoms with E-state index in [0.717, 1.165) is 49.1 Å². The zero-order valence-corrected chi connectivity index (χ0v) is 15.4. The van der Waals surface area contributed by atoms with E-state index in [9.17, 15) is 13.6 Å². The predicted molar refractivity (Wildman–Crippen MR) is 100 cm³/mol. The fourth-order valence-corrected chi connectivity index (χ4v) is 3.82. The average molecular weight is 388 g/mol. The first-order valence-corrected chi connectivity index (χ1v) is 9.46. The van der Waals surface area contributed by atoms with Crippen molar-refractivity contribution in [1.82, 2.24) is 4.90 Å². The minimum absolute atomic E-state index is 0.0131. The first-order chi connectivity index (χ1) is 13.6. The van der Waals surface area contributed by atoms with Crippen molar-refractivity contribution in [3.63, 3.8) is 0 Å². The predicted octanol–water partition coefficient (Wildman–Crippen LogP) is 4.08. The summed E-state index contributed by atoms with van der Waals surface area (Å²) >= 11 is 0. The molecule has 148 valence electrons. The molecule has 1 amide bonds. The monoisotopic (exact) mass is 388 g/mol. The average Bonchev–Trinajstić information content (AvgIpc) is 3.34. The summed E-state index contributed by atoms with van der Waals surface area (Å²) in [6.07, 6.45) is 4.33. The Hall–Kier alpha value is -2.67. The maximum atomic E-state index is 13.8. The molecule has 0 aromatic heterocycles. The summed E-state index contributed by atoms with van der Waals surface area (Å²) < 4.78 is 37.7. The number of carbonyl (C=O) groups is 1. The molecule has 1 fully saturated rings. The summed E-state index contributed by atoms with van der Waals surface area (Å²) in [5, 5.41) is 2.55. The second-order valence-electron chi connectivity index (χ2n) is 7.20. The molecule has 1 heterocycles. The molecule has 0 saturated heterocycles. The highest BCUT2D eigenvalue weighted by Gasteiger charge is 2.25. The molecule has 2 aliphatic rings. The molecule has 0 bridgehead atoms. The number of fused-ring (bicyclic) bond motifs is 1. The van der Waals surface area contributed by atoms with Crippen molar-refractivity contribution in [2.75, 3.05) is 18.7 Å². The normalized spacial score (nSPS) is 16.0. The third-order valence-electron chi connectivity index (χ3n) is 5.22. The lowest BCUT2D eigenvalue weighted by Crippen LogP contribution is -2.39. The highest BCUT2D eigenvalue weighted by molar-refractivity contribution is 5.92. The van der Waals surface area contributed by atoms with Crippen LogP contribution in [0.2, 0.25) is 0 Å². The van der Waals surface area contributed by atoms with Gasteiger partial charge in [0.05, 0.1) is 12.2 Å². The van der Waals surface area contributed by atoms with Crippen molar-refractivity contribution in [2.24, 2.45) is 0 Å². The zero-order valence-electron chi connectivity index (χ0n) is 15.4. The van der Waals surface area contributed by atoms with Crippen molar-refractivity contribution in [1.29, 1.82) is 0 Å². The van der Waals surface area contributed by atoms with Crippen LogP contribution in [0.25, 0.3) is 0 Å². The number of benzene rings is 2. The third-order valence-corrected chi connectivity index (χ3v) is 5.22. The molecule has 1 saturated carbocycles. The van der Waals surface area contributed by atoms with Crippen molar-refractivity contribution < 1.29 is 23.0 Å². The smallest absolute Gasteiger partial charge is 0.238 e. The maximum Gasteiger partial charge on any atom is 0.238 e. The molecule has 7 heteroatoms. The molecule has 0 atom stereocenters. The molecular weight excluding hydrogens is 366 g/mol. The molecule has 1 N–H and O–H groups in total. The molecular formula is C21H22F2N2O3. The van der Waals surface area contributed by atoms with E-state index in [1.165, 1.54) is 6.07 Å². The molecule has 28 heavy (non-hydrogen) atoms. The van der Waals surface area contributed by atoms with Crippen molar-refractivity contribution in [2.45, 2.75) is 38.3 Å². The van der Waals surface area contributed by atoms with Crippen molar-refractivity contribution in [3.8, 4) is 11.5 Å². The number of halogens is 2. The molecule has 4 rings (SSSR count). The summed E-state index contributed by atoms with van der Waals surface area (Å²) in [6.45, 7) is 0.938. The first-order valence-electron chi connectivity index (χ1n) is 9.46. The highest BCUT2D eigenvalue weighted by atomic mass is 19.1. The lowest BCUT2D eigenvalue weighted by Gasteiger charge is -2.28. The zero-order chi connectivity index (χ0) is 19.5. The molecule has 5 nitrogen and oxygen atoms in total. The van der Waals surface area contributed by atoms with Gasteiger partial charge in [0.1, 0.15) is 11.6 Å². The fraction of sp³-hybridized carbons (Fsp3) is 0.381. The van der Waals surface area contributed by atoms with Gasteiger partial charge in [0.2, 0.25) is 12.7 Å². The van der Waals surface area contributed by atoms with Gasteiger partial charge in [-0.15, -0.1) is 0 Å². The number of hydrogen-bond acceptors (Lipinski definition) is 4. The van der Waals surface area contributed by atoms with Crippen LogP contribution in [0.4, 0.5) is 14.5 Å². The Kier molecular flexibility index (Phi) is 5.43. The number of hydrogen-bond donors (Lipinski definition) is 1. The van der Waals surface area contributed by atoms with Crippen LogP contribution in [0.5, 0.6) is 11.5 Å². The van der Waals surface area contributed by atoms with E-state index in [0.29, 0.717) is 18.3 Å². The molecule has 0 unspecified atom stereocenters. The minimum atomic E-state index is -0.781. The van der Waals surface area contributed by atoms with Gasteiger partial charge >= 0.3 is 0 Å². The number of nitrogens with zero attached hydrogens (tertiary/aromatic N) is 1. The Morgan fingerprint density at radius 3 is 2.64 bits per heavy atom. The van der Waals surface area contributed by atoms with E-state index in [-0.39, 0.29) is 24.9 Å². The Morgan fingerprint density at radius 1 is 1.07 bits per heavy atom. The summed E-state index contributed by atoms with van der Waals surface area (Å²) in [4.78, 5) is 14.6. The van der Waals surface area contributed by atoms with Crippen LogP contribution in [0.3, 0.4) is 0 Å². The van der Waals surface area contributed by atoms with Gasteiger partial charge in [-0.1, -0.05) is 18.9 Å². The Morgan fingerprint density at radius 2 is 1.86 bits per heavy atom. The van der Waals surface area contributed by atoms with Crippen molar-refractivity contribution in [3.05, 3.63) is 53.6 Å². The van der Waals surface area contributed by atoms with Gasteiger partial charge in [-0.3, -0.25) is 9.69 Å². The van der Waals surface area contributed by atoms with Crippen LogP contribution < -0.4 is 14.8 Å². The van der Waals surface area contributed by atoms with Crippen LogP contribution in [-0.2, 0) is 11.3 Å². The highest BCUT2D eigenvalue weighted by Crippen LogP contribution is 2.33. The number of amides is 1. The summed E-state index contributed by atoms with van der Waals surface area (Å²) in [5.74, 6) is -0.344. The molecule has 2 aromatic carbocycles. The minimum Gasteiger partial charge on any atom is -0.454 e. The van der Waals surface area contributed by atoms with Crippen molar-refractivity contribution >= 4 is 11.6 Å². The van der Waals surface area contributed by atoms with E-state index in [1.54, 1.807) is 0 Å². The van der Waals surface area contributed by atoms with Crippen LogP contribution in [0.1, 0.15) is 31.2 Å². The topological polar surface area (TPSA) is 50.8 Å². The van der Waals surface area contributed by atoms with E-state index >= 15 is 0 Å². The lowest BCUT2D eigenvalue weighted by molar-refractivity contribution is -0.118. The lowest BCUT2D eigenvalue weighted by atomic mass is 10.1. The summed E-state index contributed by atoms with van der Waals surface area (Å²) in [5.41, 5.74) is 1.01. The van der Waals surface area contributed by atoms with Crippen LogP contribution in [0.15, 0.2) is 36.4 Å². The Bertz CT molecular complexity index is 869. The standard InChI is InChI=1S/C21H22F2N2O3/c22-15-6-7-18(17(23)10-15)24-21(26)12-25(16-3-1-2-4-16)11-14-5-8-19-20(9-14)28-13-27-19/h5-10,16H,1-4,11-13H2,(H,24,26). The Balaban J connectivity index is 1.46. The number of anilines is 1. The first kappa shape index (κ1) is 18.7. The molecule has 1 aliphatic carbocycles. The Labute approximate surface area is 162 Å². The second-order valence-corrected chi connectivity index (χ2v) is 7.20. The van der Waals surface area contributed by atoms with Gasteiger partial charge in [0.25, 0.3) is 0 Å². The fourth-order valence-electron chi connectivity index (χ4n) is 3.82. The number of ether oxygens (including phenoxy) is 2. The third kappa shape index (κ3) is 4.25. The molecule has 1 aliphatic heterocycles. The number of nitrogens with one attached hydrogen (secondary N) is 1. The second kappa shape index (κ2) is 8.14. The summed E-state index contributed by atoms with van der Waals surface area (Å²) in [7, 11) is 0. The van der Waals surface area contributed by atoms with E-state index in [2.05, 4.69) is 10.2 Å². The molecule has 0 spiro atoms. The van der Waals surface area contributed by atoms with Crippen LogP contribution >= 0.6 is 0 Å². The van der Waals surface area contributed by atoms with Gasteiger partial charge in [0, 0.05) is 18.7 Å². The van der Waals surface area contributed by atoms with Gasteiger partial charge in [0.15, 0.2) is 11.5 Å². The van der Waals surface area contributed by atoms with Crippen LogP contribution in [-0.4, -0.2) is 30.2 Å². The van der Waals surface area contributed by atoms with Gasteiger partial charge in [-0.05, 0) is 42.7 Å². The maximum absolute atomic E-state index is 13.8. The van der Waals surface area contributed by atoms with Gasteiger partial charge in [-0.25, -0.2) is 8.78 Å². The quantitative estimate of drug-likeness (QED) is 0.810. The number of carbonyl (C=O) groups excluding carboxylic acids is 1. The largest absolute Gasteiger partial charge is 0.454 e. The van der Waals surface area contributed by atoms with Gasteiger partial charge < -0.3 is 14.8 Å². The van der Waals surface area contributed by atoms with Gasteiger partial charge in [-0.2, -0.15) is 0 Å².